The first-order chi connectivity index (χ1) is 10.7. The highest BCUT2D eigenvalue weighted by Crippen LogP contribution is 2.32. The number of methoxy groups -OCH3 is 1. The molecule has 0 atom stereocenters. The molecule has 117 valence electrons. The number of amides is 2. The summed E-state index contributed by atoms with van der Waals surface area (Å²) in [7, 11) is 1.66. The Morgan fingerprint density at radius 3 is 2.73 bits per heavy atom. The van der Waals surface area contributed by atoms with E-state index in [9.17, 15) is 4.79 Å². The fourth-order valence-corrected chi connectivity index (χ4v) is 2.90. The van der Waals surface area contributed by atoms with Crippen molar-refractivity contribution in [2.45, 2.75) is 44.6 Å². The van der Waals surface area contributed by atoms with Crippen LogP contribution < -0.4 is 20.1 Å². The molecule has 22 heavy (non-hydrogen) atoms. The summed E-state index contributed by atoms with van der Waals surface area (Å²) in [5, 5.41) is 6.41. The molecule has 1 heterocycles. The van der Waals surface area contributed by atoms with Gasteiger partial charge in [-0.15, -0.1) is 0 Å². The summed E-state index contributed by atoms with van der Waals surface area (Å²) in [6.07, 6.45) is 8.20. The SMILES string of the molecule is COc1ccc(CCC2=C[N]C(=O)N2)cc1OC1CCCC1. The maximum Gasteiger partial charge on any atom is 0.345 e. The van der Waals surface area contributed by atoms with Crippen molar-refractivity contribution in [3.8, 4) is 11.5 Å². The number of nitrogens with zero attached hydrogens (tertiary/aromatic N) is 1. The molecule has 1 fully saturated rings. The van der Waals surface area contributed by atoms with E-state index in [-0.39, 0.29) is 6.03 Å². The first kappa shape index (κ1) is 14.8. The molecular weight excluding hydrogens is 280 g/mol. The van der Waals surface area contributed by atoms with E-state index in [0.717, 1.165) is 48.4 Å². The van der Waals surface area contributed by atoms with Crippen LogP contribution in [0.15, 0.2) is 30.1 Å². The minimum absolute atomic E-state index is 0.282. The van der Waals surface area contributed by atoms with Crippen molar-refractivity contribution in [1.29, 1.82) is 0 Å². The maximum absolute atomic E-state index is 11.0. The summed E-state index contributed by atoms with van der Waals surface area (Å²) in [6, 6.07) is 5.75. The van der Waals surface area contributed by atoms with Crippen LogP contribution in [0.1, 0.15) is 37.7 Å². The van der Waals surface area contributed by atoms with Gasteiger partial charge in [0, 0.05) is 5.70 Å². The van der Waals surface area contributed by atoms with Gasteiger partial charge in [-0.25, -0.2) is 4.79 Å². The third-order valence-corrected chi connectivity index (χ3v) is 4.11. The van der Waals surface area contributed by atoms with Crippen LogP contribution in [0.2, 0.25) is 0 Å². The van der Waals surface area contributed by atoms with Crippen molar-refractivity contribution in [3.63, 3.8) is 0 Å². The molecular formula is C17H21N2O3. The van der Waals surface area contributed by atoms with Gasteiger partial charge in [-0.3, -0.25) is 0 Å². The van der Waals surface area contributed by atoms with E-state index in [2.05, 4.69) is 10.6 Å². The van der Waals surface area contributed by atoms with Gasteiger partial charge in [-0.1, -0.05) is 6.07 Å². The van der Waals surface area contributed by atoms with Crippen molar-refractivity contribution in [3.05, 3.63) is 35.7 Å². The molecule has 3 rings (SSSR count). The molecule has 5 nitrogen and oxygen atoms in total. The molecule has 0 aromatic heterocycles. The van der Waals surface area contributed by atoms with E-state index >= 15 is 0 Å². The lowest BCUT2D eigenvalue weighted by Crippen LogP contribution is -2.18. The second-order valence-electron chi connectivity index (χ2n) is 5.72. The lowest BCUT2D eigenvalue weighted by atomic mass is 10.1. The molecule has 0 spiro atoms. The number of hydrogen-bond donors (Lipinski definition) is 1. The van der Waals surface area contributed by atoms with Crippen LogP contribution in [0.3, 0.4) is 0 Å². The van der Waals surface area contributed by atoms with Gasteiger partial charge >= 0.3 is 6.03 Å². The monoisotopic (exact) mass is 301 g/mol. The standard InChI is InChI=1S/C17H21N2O3/c1-21-15-9-7-12(6-8-13-11-18-17(20)19-13)10-16(15)22-14-4-2-3-5-14/h7,9-11,14H,2-6,8H2,1H3,(H,19,20). The summed E-state index contributed by atoms with van der Waals surface area (Å²) < 4.78 is 11.5. The molecule has 0 unspecified atom stereocenters. The summed E-state index contributed by atoms with van der Waals surface area (Å²) >= 11 is 0. The van der Waals surface area contributed by atoms with E-state index in [1.807, 2.05) is 18.2 Å². The van der Waals surface area contributed by atoms with Crippen LogP contribution in [0.5, 0.6) is 11.5 Å². The van der Waals surface area contributed by atoms with Crippen molar-refractivity contribution < 1.29 is 14.3 Å². The van der Waals surface area contributed by atoms with Gasteiger partial charge in [0.05, 0.1) is 19.4 Å². The van der Waals surface area contributed by atoms with Gasteiger partial charge in [0.25, 0.3) is 0 Å². The highest BCUT2D eigenvalue weighted by molar-refractivity contribution is 5.79. The molecule has 0 bridgehead atoms. The Morgan fingerprint density at radius 2 is 2.05 bits per heavy atom. The quantitative estimate of drug-likeness (QED) is 0.878. The zero-order valence-electron chi connectivity index (χ0n) is 12.8. The molecule has 1 N–H and O–H groups in total. The molecule has 0 saturated heterocycles. The number of nitrogens with one attached hydrogen (secondary N) is 1. The van der Waals surface area contributed by atoms with Crippen LogP contribution >= 0.6 is 0 Å². The first-order valence-corrected chi connectivity index (χ1v) is 7.79. The maximum atomic E-state index is 11.0. The van der Waals surface area contributed by atoms with Crippen LogP contribution in [0.4, 0.5) is 4.79 Å². The Labute approximate surface area is 130 Å². The molecule has 2 amide bonds. The van der Waals surface area contributed by atoms with Gasteiger partial charge in [-0.2, -0.15) is 5.32 Å². The van der Waals surface area contributed by atoms with E-state index in [4.69, 9.17) is 9.47 Å². The number of aryl methyl sites for hydroxylation is 1. The van der Waals surface area contributed by atoms with E-state index < -0.39 is 0 Å². The van der Waals surface area contributed by atoms with Crippen molar-refractivity contribution in [2.75, 3.05) is 7.11 Å². The van der Waals surface area contributed by atoms with Crippen molar-refractivity contribution in [1.82, 2.24) is 10.6 Å². The molecule has 1 radical (unpaired) electrons. The molecule has 2 aliphatic rings. The van der Waals surface area contributed by atoms with Gasteiger partial charge < -0.3 is 14.8 Å². The Morgan fingerprint density at radius 1 is 1.23 bits per heavy atom. The average molecular weight is 301 g/mol. The molecule has 1 aromatic rings. The summed E-state index contributed by atoms with van der Waals surface area (Å²) in [4.78, 5) is 11.0. The predicted molar refractivity (Wildman–Crippen MR) is 82.9 cm³/mol. The number of urea groups is 1. The number of allylic oxidation sites excluding steroid dienone is 1. The fraction of sp³-hybridized carbons (Fsp3) is 0.471. The number of rotatable bonds is 6. The molecule has 1 aliphatic carbocycles. The Kier molecular flexibility index (Phi) is 4.51. The van der Waals surface area contributed by atoms with Gasteiger partial charge in [0.2, 0.25) is 0 Å². The molecule has 1 aliphatic heterocycles. The lowest BCUT2D eigenvalue weighted by molar-refractivity contribution is 0.200. The number of ether oxygens (including phenoxy) is 2. The van der Waals surface area contributed by atoms with Gasteiger partial charge in [0.15, 0.2) is 11.5 Å². The van der Waals surface area contributed by atoms with Crippen LogP contribution in [-0.4, -0.2) is 19.2 Å². The van der Waals surface area contributed by atoms with Gasteiger partial charge in [0.1, 0.15) is 0 Å². The number of carbonyl (C=O) groups excluding carboxylic acids is 1. The van der Waals surface area contributed by atoms with E-state index in [0.29, 0.717) is 6.10 Å². The minimum atomic E-state index is -0.282. The average Bonchev–Trinajstić information content (AvgIpc) is 3.17. The molecule has 1 saturated carbocycles. The highest BCUT2D eigenvalue weighted by Gasteiger charge is 2.19. The van der Waals surface area contributed by atoms with Crippen molar-refractivity contribution in [2.24, 2.45) is 0 Å². The lowest BCUT2D eigenvalue weighted by Gasteiger charge is -2.17. The van der Waals surface area contributed by atoms with Crippen LogP contribution in [-0.2, 0) is 6.42 Å². The fourth-order valence-electron chi connectivity index (χ4n) is 2.90. The topological polar surface area (TPSA) is 61.7 Å². The molecule has 5 heteroatoms. The summed E-state index contributed by atoms with van der Waals surface area (Å²) in [6.45, 7) is 0. The smallest absolute Gasteiger partial charge is 0.345 e. The number of benzene rings is 1. The molecule has 1 aromatic carbocycles. The summed E-state index contributed by atoms with van der Waals surface area (Å²) in [5.41, 5.74) is 2.02. The largest absolute Gasteiger partial charge is 0.493 e. The van der Waals surface area contributed by atoms with E-state index in [1.54, 1.807) is 13.3 Å². The Bertz CT molecular complexity index is 577. The summed E-state index contributed by atoms with van der Waals surface area (Å²) in [5.74, 6) is 1.60. The van der Waals surface area contributed by atoms with E-state index in [1.165, 1.54) is 12.8 Å². The number of hydrogen-bond acceptors (Lipinski definition) is 3. The minimum Gasteiger partial charge on any atom is -0.493 e. The van der Waals surface area contributed by atoms with Crippen LogP contribution in [0, 0.1) is 0 Å². The second-order valence-corrected chi connectivity index (χ2v) is 5.72. The second kappa shape index (κ2) is 6.73. The zero-order valence-corrected chi connectivity index (χ0v) is 12.8. The van der Waals surface area contributed by atoms with Crippen LogP contribution in [0.25, 0.3) is 0 Å². The van der Waals surface area contributed by atoms with Gasteiger partial charge in [-0.05, 0) is 56.2 Å². The Balaban J connectivity index is 1.65. The predicted octanol–water partition coefficient (Wildman–Crippen LogP) is 3.12. The highest BCUT2D eigenvalue weighted by atomic mass is 16.5. The zero-order chi connectivity index (χ0) is 15.4. The first-order valence-electron chi connectivity index (χ1n) is 7.79. The third-order valence-electron chi connectivity index (χ3n) is 4.11. The third kappa shape index (κ3) is 3.53. The Hall–Kier alpha value is -2.17. The number of carbonyl (C=O) groups is 1. The normalized spacial score (nSPS) is 17.9. The van der Waals surface area contributed by atoms with Crippen molar-refractivity contribution >= 4 is 6.03 Å².